The summed E-state index contributed by atoms with van der Waals surface area (Å²) in [5.41, 5.74) is 5.49. The highest BCUT2D eigenvalue weighted by Gasteiger charge is 2.28. The van der Waals surface area contributed by atoms with Crippen molar-refractivity contribution in [1.29, 1.82) is 0 Å². The van der Waals surface area contributed by atoms with Crippen LogP contribution in [0.25, 0.3) is 0 Å². The van der Waals surface area contributed by atoms with E-state index in [1.165, 1.54) is 0 Å². The normalized spacial score (nSPS) is 18.2. The first-order chi connectivity index (χ1) is 9.10. The molecule has 0 spiro atoms. The Labute approximate surface area is 114 Å². The van der Waals surface area contributed by atoms with Gasteiger partial charge in [-0.05, 0) is 19.3 Å². The molecule has 0 aromatic rings. The molecule has 1 aliphatic heterocycles. The van der Waals surface area contributed by atoms with E-state index in [2.05, 4.69) is 5.32 Å². The number of hydrogen-bond donors (Lipinski definition) is 3. The summed E-state index contributed by atoms with van der Waals surface area (Å²) in [6.07, 6.45) is 1.99. The van der Waals surface area contributed by atoms with Gasteiger partial charge in [0.1, 0.15) is 0 Å². The number of nitrogens with one attached hydrogen (secondary N) is 1. The molecule has 0 aromatic heterocycles. The van der Waals surface area contributed by atoms with Crippen LogP contribution in [0.1, 0.15) is 26.2 Å². The molecular formula is C13H25N3O3. The second-order valence-corrected chi connectivity index (χ2v) is 5.10. The Kier molecular flexibility index (Phi) is 6.80. The Morgan fingerprint density at radius 1 is 1.42 bits per heavy atom. The summed E-state index contributed by atoms with van der Waals surface area (Å²) >= 11 is 0. The van der Waals surface area contributed by atoms with Gasteiger partial charge in [-0.3, -0.25) is 9.59 Å². The molecule has 1 aliphatic rings. The van der Waals surface area contributed by atoms with Crippen molar-refractivity contribution >= 4 is 11.8 Å². The highest BCUT2D eigenvalue weighted by Crippen LogP contribution is 2.18. The van der Waals surface area contributed by atoms with E-state index < -0.39 is 0 Å². The molecular weight excluding hydrogens is 246 g/mol. The van der Waals surface area contributed by atoms with E-state index >= 15 is 0 Å². The SMILES string of the molecule is CC(CN)C(=O)N1CCC(C(=O)NCCCO)CC1. The fourth-order valence-electron chi connectivity index (χ4n) is 2.21. The van der Waals surface area contributed by atoms with Crippen molar-refractivity contribution in [3.05, 3.63) is 0 Å². The van der Waals surface area contributed by atoms with Crippen molar-refractivity contribution in [2.75, 3.05) is 32.8 Å². The van der Waals surface area contributed by atoms with E-state index in [1.807, 2.05) is 6.92 Å². The maximum atomic E-state index is 11.9. The maximum absolute atomic E-state index is 11.9. The summed E-state index contributed by atoms with van der Waals surface area (Å²) in [4.78, 5) is 25.6. The van der Waals surface area contributed by atoms with Gasteiger partial charge < -0.3 is 21.1 Å². The lowest BCUT2D eigenvalue weighted by Crippen LogP contribution is -2.45. The third-order valence-corrected chi connectivity index (χ3v) is 3.59. The monoisotopic (exact) mass is 271 g/mol. The van der Waals surface area contributed by atoms with Crippen molar-refractivity contribution in [2.45, 2.75) is 26.2 Å². The highest BCUT2D eigenvalue weighted by molar-refractivity contribution is 5.81. The number of amides is 2. The Morgan fingerprint density at radius 2 is 2.05 bits per heavy atom. The first-order valence-electron chi connectivity index (χ1n) is 6.97. The predicted octanol–water partition coefficient (Wildman–Crippen LogP) is -0.682. The Morgan fingerprint density at radius 3 is 2.58 bits per heavy atom. The fourth-order valence-corrected chi connectivity index (χ4v) is 2.21. The van der Waals surface area contributed by atoms with E-state index in [0.29, 0.717) is 45.4 Å². The van der Waals surface area contributed by atoms with Crippen molar-refractivity contribution < 1.29 is 14.7 Å². The number of nitrogens with two attached hydrogens (primary N) is 1. The fraction of sp³-hybridized carbons (Fsp3) is 0.846. The second kappa shape index (κ2) is 8.12. The number of likely N-dealkylation sites (tertiary alicyclic amines) is 1. The molecule has 1 unspecified atom stereocenters. The van der Waals surface area contributed by atoms with Gasteiger partial charge in [-0.15, -0.1) is 0 Å². The molecule has 0 saturated carbocycles. The summed E-state index contributed by atoms with van der Waals surface area (Å²) in [6.45, 7) is 4.04. The smallest absolute Gasteiger partial charge is 0.226 e. The standard InChI is InChI=1S/C13H25N3O3/c1-10(9-14)13(19)16-6-3-11(4-7-16)12(18)15-5-2-8-17/h10-11,17H,2-9,14H2,1H3,(H,15,18). The summed E-state index contributed by atoms with van der Waals surface area (Å²) in [6, 6.07) is 0. The lowest BCUT2D eigenvalue weighted by atomic mass is 9.95. The second-order valence-electron chi connectivity index (χ2n) is 5.10. The molecule has 0 aliphatic carbocycles. The number of nitrogens with zero attached hydrogens (tertiary/aromatic N) is 1. The molecule has 1 atom stereocenters. The van der Waals surface area contributed by atoms with E-state index in [4.69, 9.17) is 10.8 Å². The number of carbonyl (C=O) groups is 2. The number of aliphatic hydroxyl groups is 1. The van der Waals surface area contributed by atoms with Gasteiger partial charge in [0.25, 0.3) is 0 Å². The number of piperidine rings is 1. The van der Waals surface area contributed by atoms with Crippen LogP contribution in [0.15, 0.2) is 0 Å². The van der Waals surface area contributed by atoms with E-state index in [0.717, 1.165) is 0 Å². The summed E-state index contributed by atoms with van der Waals surface area (Å²) in [7, 11) is 0. The zero-order valence-corrected chi connectivity index (χ0v) is 11.6. The average molecular weight is 271 g/mol. The molecule has 1 fully saturated rings. The van der Waals surface area contributed by atoms with Crippen LogP contribution in [0, 0.1) is 11.8 Å². The largest absolute Gasteiger partial charge is 0.396 e. The van der Waals surface area contributed by atoms with Crippen LogP contribution in [0.5, 0.6) is 0 Å². The molecule has 110 valence electrons. The van der Waals surface area contributed by atoms with Crippen molar-refractivity contribution in [3.63, 3.8) is 0 Å². The van der Waals surface area contributed by atoms with Crippen LogP contribution in [-0.2, 0) is 9.59 Å². The van der Waals surface area contributed by atoms with Gasteiger partial charge in [-0.1, -0.05) is 6.92 Å². The Balaban J connectivity index is 2.32. The zero-order valence-electron chi connectivity index (χ0n) is 11.6. The maximum Gasteiger partial charge on any atom is 0.226 e. The van der Waals surface area contributed by atoms with E-state index in [1.54, 1.807) is 4.90 Å². The Hall–Kier alpha value is -1.14. The number of carbonyl (C=O) groups excluding carboxylic acids is 2. The Bertz CT molecular complexity index is 302. The van der Waals surface area contributed by atoms with Gasteiger partial charge in [-0.2, -0.15) is 0 Å². The minimum absolute atomic E-state index is 0.0177. The van der Waals surface area contributed by atoms with Crippen LogP contribution in [0.4, 0.5) is 0 Å². The molecule has 1 saturated heterocycles. The van der Waals surface area contributed by atoms with Crippen LogP contribution in [-0.4, -0.2) is 54.6 Å². The molecule has 0 aromatic carbocycles. The summed E-state index contributed by atoms with van der Waals surface area (Å²) in [5.74, 6) is -0.0417. The first-order valence-corrected chi connectivity index (χ1v) is 6.97. The predicted molar refractivity (Wildman–Crippen MR) is 72.2 cm³/mol. The van der Waals surface area contributed by atoms with Crippen LogP contribution in [0.2, 0.25) is 0 Å². The quantitative estimate of drug-likeness (QED) is 0.558. The molecule has 0 bridgehead atoms. The summed E-state index contributed by atoms with van der Waals surface area (Å²) < 4.78 is 0. The van der Waals surface area contributed by atoms with Crippen molar-refractivity contribution in [2.24, 2.45) is 17.6 Å². The highest BCUT2D eigenvalue weighted by atomic mass is 16.3. The van der Waals surface area contributed by atoms with Crippen molar-refractivity contribution in [3.8, 4) is 0 Å². The molecule has 6 heteroatoms. The van der Waals surface area contributed by atoms with Crippen molar-refractivity contribution in [1.82, 2.24) is 10.2 Å². The number of rotatable bonds is 6. The van der Waals surface area contributed by atoms with Gasteiger partial charge in [0.05, 0.1) is 0 Å². The van der Waals surface area contributed by atoms with Gasteiger partial charge in [0.15, 0.2) is 0 Å². The number of hydrogen-bond acceptors (Lipinski definition) is 4. The third-order valence-electron chi connectivity index (χ3n) is 3.59. The lowest BCUT2D eigenvalue weighted by molar-refractivity contribution is -0.138. The van der Waals surface area contributed by atoms with Gasteiger partial charge >= 0.3 is 0 Å². The summed E-state index contributed by atoms with van der Waals surface area (Å²) in [5, 5.41) is 11.5. The molecule has 0 radical (unpaired) electrons. The minimum atomic E-state index is -0.144. The van der Waals surface area contributed by atoms with E-state index in [-0.39, 0.29) is 30.3 Å². The van der Waals surface area contributed by atoms with Gasteiger partial charge in [-0.25, -0.2) is 0 Å². The average Bonchev–Trinajstić information content (AvgIpc) is 2.46. The van der Waals surface area contributed by atoms with Gasteiger partial charge in [0.2, 0.25) is 11.8 Å². The number of aliphatic hydroxyl groups excluding tert-OH is 1. The van der Waals surface area contributed by atoms with Crippen LogP contribution < -0.4 is 11.1 Å². The first kappa shape index (κ1) is 15.9. The molecule has 2 amide bonds. The molecule has 4 N–H and O–H groups in total. The topological polar surface area (TPSA) is 95.7 Å². The van der Waals surface area contributed by atoms with Crippen LogP contribution in [0.3, 0.4) is 0 Å². The molecule has 6 nitrogen and oxygen atoms in total. The molecule has 1 rings (SSSR count). The molecule has 19 heavy (non-hydrogen) atoms. The minimum Gasteiger partial charge on any atom is -0.396 e. The lowest BCUT2D eigenvalue weighted by Gasteiger charge is -2.32. The van der Waals surface area contributed by atoms with Crippen LogP contribution >= 0.6 is 0 Å². The van der Waals surface area contributed by atoms with Gasteiger partial charge in [0, 0.05) is 44.6 Å². The zero-order chi connectivity index (χ0) is 14.3. The van der Waals surface area contributed by atoms with E-state index in [9.17, 15) is 9.59 Å². The third kappa shape index (κ3) is 4.80. The molecule has 1 heterocycles.